The van der Waals surface area contributed by atoms with Crippen LogP contribution in [-0.2, 0) is 10.2 Å². The van der Waals surface area contributed by atoms with Gasteiger partial charge in [0.15, 0.2) is 12.4 Å². The molecule has 2 aromatic rings. The Morgan fingerprint density at radius 2 is 1.79 bits per heavy atom. The summed E-state index contributed by atoms with van der Waals surface area (Å²) in [4.78, 5) is 23.8. The summed E-state index contributed by atoms with van der Waals surface area (Å²) in [5.74, 6) is 2.46. The van der Waals surface area contributed by atoms with Crippen LogP contribution in [0.15, 0.2) is 30.3 Å². The van der Waals surface area contributed by atoms with Crippen molar-refractivity contribution >= 4 is 17.6 Å². The first kappa shape index (κ1) is 18.2. The van der Waals surface area contributed by atoms with Crippen LogP contribution in [0, 0.1) is 17.8 Å². The van der Waals surface area contributed by atoms with E-state index in [0.717, 1.165) is 23.4 Å². The molecule has 152 valence electrons. The van der Waals surface area contributed by atoms with Crippen LogP contribution >= 0.6 is 0 Å². The van der Waals surface area contributed by atoms with Crippen molar-refractivity contribution in [1.29, 1.82) is 0 Å². The molecule has 0 radical (unpaired) electrons. The summed E-state index contributed by atoms with van der Waals surface area (Å²) in [5.41, 5.74) is 6.84. The highest BCUT2D eigenvalue weighted by Crippen LogP contribution is 2.60. The summed E-state index contributed by atoms with van der Waals surface area (Å²) in [6.45, 7) is -0.275. The quantitative estimate of drug-likeness (QED) is 0.699. The number of hydrogen-bond donors (Lipinski definition) is 3. The average molecular weight is 394 g/mol. The van der Waals surface area contributed by atoms with Crippen LogP contribution in [0.5, 0.6) is 5.75 Å². The maximum atomic E-state index is 12.8. The minimum atomic E-state index is -0.590. The predicted molar refractivity (Wildman–Crippen MR) is 108 cm³/mol. The molecule has 7 heteroatoms. The third-order valence-corrected chi connectivity index (χ3v) is 6.93. The largest absolute Gasteiger partial charge is 0.483 e. The maximum absolute atomic E-state index is 12.8. The Labute approximate surface area is 169 Å². The van der Waals surface area contributed by atoms with Crippen molar-refractivity contribution in [3.05, 3.63) is 41.6 Å². The minimum absolute atomic E-state index is 0.202. The fourth-order valence-corrected chi connectivity index (χ4v) is 6.21. The minimum Gasteiger partial charge on any atom is -0.483 e. The van der Waals surface area contributed by atoms with Crippen molar-refractivity contribution in [3.63, 3.8) is 0 Å². The summed E-state index contributed by atoms with van der Waals surface area (Å²) in [5, 5.41) is 10.4. The maximum Gasteiger partial charge on any atom is 0.260 e. The third kappa shape index (κ3) is 3.39. The number of aromatic nitrogens is 2. The number of aromatic amines is 1. The Hall–Kier alpha value is -2.83. The Morgan fingerprint density at radius 1 is 1.14 bits per heavy atom. The second-order valence-corrected chi connectivity index (χ2v) is 9.07. The van der Waals surface area contributed by atoms with Crippen LogP contribution in [0.1, 0.15) is 54.6 Å². The number of para-hydroxylation sites is 1. The molecule has 0 unspecified atom stereocenters. The van der Waals surface area contributed by atoms with E-state index in [1.165, 1.54) is 38.5 Å². The highest BCUT2D eigenvalue weighted by atomic mass is 16.5. The topological polar surface area (TPSA) is 110 Å². The van der Waals surface area contributed by atoms with E-state index >= 15 is 0 Å². The normalized spacial score (nSPS) is 29.6. The Bertz CT molecular complexity index is 916. The fraction of sp³-hybridized carbons (Fsp3) is 0.500. The highest BCUT2D eigenvalue weighted by Gasteiger charge is 2.52. The summed E-state index contributed by atoms with van der Waals surface area (Å²) < 4.78 is 5.36. The Kier molecular flexibility index (Phi) is 4.33. The highest BCUT2D eigenvalue weighted by molar-refractivity contribution is 6.05. The van der Waals surface area contributed by atoms with Gasteiger partial charge in [-0.15, -0.1) is 0 Å². The number of H-pyrrole nitrogens is 1. The van der Waals surface area contributed by atoms with E-state index in [0.29, 0.717) is 17.1 Å². The molecule has 0 spiro atoms. The van der Waals surface area contributed by atoms with E-state index in [1.807, 2.05) is 6.07 Å². The molecule has 0 saturated heterocycles. The van der Waals surface area contributed by atoms with E-state index in [4.69, 9.17) is 10.5 Å². The smallest absolute Gasteiger partial charge is 0.260 e. The summed E-state index contributed by atoms with van der Waals surface area (Å²) in [7, 11) is 0. The number of nitrogens with zero attached hydrogens (tertiary/aromatic N) is 1. The predicted octanol–water partition coefficient (Wildman–Crippen LogP) is 2.99. The molecule has 4 saturated carbocycles. The Morgan fingerprint density at radius 3 is 2.45 bits per heavy atom. The lowest BCUT2D eigenvalue weighted by molar-refractivity contribution is -0.119. The standard InChI is InChI=1S/C22H26N4O3/c23-19(27)12-29-17-4-2-1-3-16(17)21(28)24-20-8-18(25-26-20)22-9-13-5-14(10-22)7-15(6-13)11-22/h1-4,8,13-15H,5-7,9-12H2,(H2,23,27)(H2,24,25,26,28). The number of carbonyl (C=O) groups is 2. The van der Waals surface area contributed by atoms with Crippen molar-refractivity contribution in [2.75, 3.05) is 11.9 Å². The van der Waals surface area contributed by atoms with E-state index in [2.05, 4.69) is 15.5 Å². The molecule has 29 heavy (non-hydrogen) atoms. The molecule has 4 bridgehead atoms. The number of amides is 2. The molecule has 6 rings (SSSR count). The number of primary amides is 1. The molecule has 2 amide bonds. The first-order valence-electron chi connectivity index (χ1n) is 10.4. The average Bonchev–Trinajstić information content (AvgIpc) is 3.15. The summed E-state index contributed by atoms with van der Waals surface area (Å²) >= 11 is 0. The zero-order chi connectivity index (χ0) is 20.0. The van der Waals surface area contributed by atoms with E-state index in [1.54, 1.807) is 24.3 Å². The first-order chi connectivity index (χ1) is 14.0. The van der Waals surface area contributed by atoms with Crippen molar-refractivity contribution < 1.29 is 14.3 Å². The number of rotatable bonds is 6. The number of ether oxygens (including phenoxy) is 1. The van der Waals surface area contributed by atoms with Crippen molar-refractivity contribution in [2.24, 2.45) is 23.5 Å². The first-order valence-corrected chi connectivity index (χ1v) is 10.4. The molecule has 1 heterocycles. The monoisotopic (exact) mass is 394 g/mol. The van der Waals surface area contributed by atoms with Gasteiger partial charge in [0.25, 0.3) is 11.8 Å². The van der Waals surface area contributed by atoms with Gasteiger partial charge in [-0.3, -0.25) is 14.7 Å². The van der Waals surface area contributed by atoms with Crippen LogP contribution in [0.3, 0.4) is 0 Å². The van der Waals surface area contributed by atoms with Crippen molar-refractivity contribution in [3.8, 4) is 5.75 Å². The zero-order valence-corrected chi connectivity index (χ0v) is 16.3. The summed E-state index contributed by atoms with van der Waals surface area (Å²) in [6, 6.07) is 8.78. The van der Waals surface area contributed by atoms with Crippen molar-refractivity contribution in [2.45, 2.75) is 43.9 Å². The number of nitrogens with two attached hydrogens (primary N) is 1. The zero-order valence-electron chi connectivity index (χ0n) is 16.3. The molecule has 4 aliphatic carbocycles. The number of benzene rings is 1. The van der Waals surface area contributed by atoms with Gasteiger partial charge in [0.1, 0.15) is 5.75 Å². The fourth-order valence-electron chi connectivity index (χ4n) is 6.21. The molecule has 1 aromatic carbocycles. The van der Waals surface area contributed by atoms with Gasteiger partial charge < -0.3 is 15.8 Å². The molecular formula is C22H26N4O3. The van der Waals surface area contributed by atoms with E-state index in [9.17, 15) is 9.59 Å². The van der Waals surface area contributed by atoms with Crippen LogP contribution in [-0.4, -0.2) is 28.6 Å². The second-order valence-electron chi connectivity index (χ2n) is 9.07. The number of carbonyl (C=O) groups excluding carboxylic acids is 2. The SMILES string of the molecule is NC(=O)COc1ccccc1C(=O)Nc1cc(C23CC4CC(CC(C4)C2)C3)[nH]n1. The number of hydrogen-bond acceptors (Lipinski definition) is 4. The van der Waals surface area contributed by atoms with Gasteiger partial charge in [-0.2, -0.15) is 5.10 Å². The van der Waals surface area contributed by atoms with Crippen molar-refractivity contribution in [1.82, 2.24) is 10.2 Å². The molecular weight excluding hydrogens is 368 g/mol. The summed E-state index contributed by atoms with van der Waals surface area (Å²) in [6.07, 6.45) is 7.87. The van der Waals surface area contributed by atoms with Crippen LogP contribution < -0.4 is 15.8 Å². The lowest BCUT2D eigenvalue weighted by Gasteiger charge is -2.56. The lowest BCUT2D eigenvalue weighted by Crippen LogP contribution is -2.48. The number of anilines is 1. The van der Waals surface area contributed by atoms with Gasteiger partial charge in [0, 0.05) is 17.2 Å². The van der Waals surface area contributed by atoms with Gasteiger partial charge in [-0.25, -0.2) is 0 Å². The van der Waals surface area contributed by atoms with Gasteiger partial charge in [0.05, 0.1) is 5.56 Å². The molecule has 4 fully saturated rings. The molecule has 1 aromatic heterocycles. The molecule has 4 aliphatic rings. The molecule has 7 nitrogen and oxygen atoms in total. The van der Waals surface area contributed by atoms with Crippen LogP contribution in [0.4, 0.5) is 5.82 Å². The number of nitrogens with one attached hydrogen (secondary N) is 2. The van der Waals surface area contributed by atoms with E-state index < -0.39 is 5.91 Å². The molecule has 0 aliphatic heterocycles. The van der Waals surface area contributed by atoms with Gasteiger partial charge in [-0.1, -0.05) is 12.1 Å². The lowest BCUT2D eigenvalue weighted by atomic mass is 9.49. The van der Waals surface area contributed by atoms with Gasteiger partial charge in [-0.05, 0) is 68.4 Å². The Balaban J connectivity index is 1.32. The van der Waals surface area contributed by atoms with Gasteiger partial charge >= 0.3 is 0 Å². The third-order valence-electron chi connectivity index (χ3n) is 6.93. The van der Waals surface area contributed by atoms with E-state index in [-0.39, 0.29) is 17.9 Å². The molecule has 0 atom stereocenters. The molecule has 4 N–H and O–H groups in total. The van der Waals surface area contributed by atoms with Crippen LogP contribution in [0.25, 0.3) is 0 Å². The van der Waals surface area contributed by atoms with Crippen LogP contribution in [0.2, 0.25) is 0 Å². The second kappa shape index (κ2) is 6.90. The van der Waals surface area contributed by atoms with Gasteiger partial charge in [0.2, 0.25) is 0 Å².